The Labute approximate surface area is 104 Å². The first-order valence-corrected chi connectivity index (χ1v) is 6.15. The van der Waals surface area contributed by atoms with Crippen molar-refractivity contribution in [3.05, 3.63) is 51.7 Å². The molecule has 1 heterocycles. The molecule has 0 aliphatic heterocycles. The van der Waals surface area contributed by atoms with Crippen LogP contribution in [-0.4, -0.2) is 11.0 Å². The van der Waals surface area contributed by atoms with Gasteiger partial charge in [-0.25, -0.2) is 0 Å². The molecule has 1 aromatic heterocycles. The van der Waals surface area contributed by atoms with Crippen LogP contribution in [0.4, 0.5) is 0 Å². The van der Waals surface area contributed by atoms with Crippen molar-refractivity contribution in [2.45, 2.75) is 13.5 Å². The minimum Gasteiger partial charge on any atom is -0.508 e. The quantitative estimate of drug-likeness (QED) is 0.876. The van der Waals surface area contributed by atoms with Gasteiger partial charge in [-0.3, -0.25) is 4.79 Å². The molecule has 0 spiro atoms. The van der Waals surface area contributed by atoms with Gasteiger partial charge in [0.05, 0.1) is 6.54 Å². The van der Waals surface area contributed by atoms with Crippen molar-refractivity contribution in [2.24, 2.45) is 0 Å². The molecule has 4 heteroatoms. The van der Waals surface area contributed by atoms with E-state index in [2.05, 4.69) is 5.32 Å². The van der Waals surface area contributed by atoms with Gasteiger partial charge < -0.3 is 10.4 Å². The van der Waals surface area contributed by atoms with Gasteiger partial charge in [0.1, 0.15) is 5.75 Å². The summed E-state index contributed by atoms with van der Waals surface area (Å²) in [6, 6.07) is 8.67. The van der Waals surface area contributed by atoms with Crippen molar-refractivity contribution in [1.29, 1.82) is 0 Å². The van der Waals surface area contributed by atoms with Crippen LogP contribution in [0.5, 0.6) is 5.75 Å². The third-order valence-electron chi connectivity index (χ3n) is 2.46. The van der Waals surface area contributed by atoms with Gasteiger partial charge in [0.15, 0.2) is 0 Å². The molecule has 3 nitrogen and oxygen atoms in total. The number of aryl methyl sites for hydroxylation is 1. The van der Waals surface area contributed by atoms with Crippen LogP contribution in [0.15, 0.2) is 35.7 Å². The zero-order valence-corrected chi connectivity index (χ0v) is 10.3. The van der Waals surface area contributed by atoms with Crippen LogP contribution in [-0.2, 0) is 6.54 Å². The number of thiophene rings is 1. The fourth-order valence-electron chi connectivity index (χ4n) is 1.58. The highest BCUT2D eigenvalue weighted by Gasteiger charge is 2.09. The highest BCUT2D eigenvalue weighted by Crippen LogP contribution is 2.16. The normalized spacial score (nSPS) is 10.2. The predicted octanol–water partition coefficient (Wildman–Crippen LogP) is 2.69. The first kappa shape index (κ1) is 11.7. The third-order valence-corrected chi connectivity index (χ3v) is 3.33. The van der Waals surface area contributed by atoms with Crippen LogP contribution in [0.1, 0.15) is 20.8 Å². The second-order valence-electron chi connectivity index (χ2n) is 3.76. The van der Waals surface area contributed by atoms with E-state index in [-0.39, 0.29) is 11.7 Å². The Morgan fingerprint density at radius 1 is 1.41 bits per heavy atom. The van der Waals surface area contributed by atoms with E-state index in [9.17, 15) is 9.90 Å². The van der Waals surface area contributed by atoms with Crippen molar-refractivity contribution < 1.29 is 9.90 Å². The van der Waals surface area contributed by atoms with Gasteiger partial charge >= 0.3 is 0 Å². The molecule has 1 amide bonds. The second-order valence-corrected chi connectivity index (χ2v) is 4.79. The van der Waals surface area contributed by atoms with E-state index in [0.717, 1.165) is 10.4 Å². The van der Waals surface area contributed by atoms with Gasteiger partial charge in [0.25, 0.3) is 5.91 Å². The van der Waals surface area contributed by atoms with Gasteiger partial charge in [-0.15, -0.1) is 11.3 Å². The summed E-state index contributed by atoms with van der Waals surface area (Å²) in [6.07, 6.45) is 0. The maximum Gasteiger partial charge on any atom is 0.251 e. The van der Waals surface area contributed by atoms with Crippen LogP contribution in [0, 0.1) is 6.92 Å². The average Bonchev–Trinajstić information content (AvgIpc) is 2.78. The molecule has 17 heavy (non-hydrogen) atoms. The number of carbonyl (C=O) groups excluding carboxylic acids is 1. The van der Waals surface area contributed by atoms with Crippen LogP contribution in [0.3, 0.4) is 0 Å². The molecular formula is C13H13NO2S. The molecule has 0 radical (unpaired) electrons. The highest BCUT2D eigenvalue weighted by atomic mass is 32.1. The molecule has 0 saturated carbocycles. The molecule has 0 atom stereocenters. The maximum atomic E-state index is 11.9. The minimum atomic E-state index is -0.115. The lowest BCUT2D eigenvalue weighted by Gasteiger charge is -2.07. The number of phenolic OH excluding ortho intramolecular Hbond substituents is 1. The first-order chi connectivity index (χ1) is 8.16. The summed E-state index contributed by atoms with van der Waals surface area (Å²) in [6.45, 7) is 2.34. The molecule has 0 aliphatic carbocycles. The van der Waals surface area contributed by atoms with E-state index in [4.69, 9.17) is 0 Å². The Bertz CT molecular complexity index is 520. The van der Waals surface area contributed by atoms with E-state index in [1.807, 2.05) is 17.5 Å². The Balaban J connectivity index is 2.04. The standard InChI is InChI=1S/C13H13NO2S/c1-9-7-10(15)4-5-12(9)13(16)14-8-11-3-2-6-17-11/h2-7,15H,8H2,1H3,(H,14,16). The third kappa shape index (κ3) is 2.85. The first-order valence-electron chi connectivity index (χ1n) is 5.27. The number of carbonyl (C=O) groups is 1. The lowest BCUT2D eigenvalue weighted by Crippen LogP contribution is -2.23. The van der Waals surface area contributed by atoms with Crippen LogP contribution in [0.25, 0.3) is 0 Å². The highest BCUT2D eigenvalue weighted by molar-refractivity contribution is 7.09. The van der Waals surface area contributed by atoms with E-state index < -0.39 is 0 Å². The molecule has 88 valence electrons. The number of hydrogen-bond donors (Lipinski definition) is 2. The van der Waals surface area contributed by atoms with Crippen LogP contribution >= 0.6 is 11.3 Å². The number of benzene rings is 1. The Morgan fingerprint density at radius 2 is 2.24 bits per heavy atom. The maximum absolute atomic E-state index is 11.9. The summed E-state index contributed by atoms with van der Waals surface area (Å²) in [4.78, 5) is 13.0. The van der Waals surface area contributed by atoms with Crippen molar-refractivity contribution in [3.63, 3.8) is 0 Å². The molecule has 1 aromatic carbocycles. The molecule has 0 aliphatic rings. The second kappa shape index (κ2) is 5.01. The van der Waals surface area contributed by atoms with Gasteiger partial charge in [-0.05, 0) is 42.1 Å². The number of hydrogen-bond acceptors (Lipinski definition) is 3. The number of phenols is 1. The number of rotatable bonds is 3. The SMILES string of the molecule is Cc1cc(O)ccc1C(=O)NCc1cccs1. The molecule has 0 unspecified atom stereocenters. The lowest BCUT2D eigenvalue weighted by atomic mass is 10.1. The minimum absolute atomic E-state index is 0.115. The van der Waals surface area contributed by atoms with Crippen LogP contribution in [0.2, 0.25) is 0 Å². The summed E-state index contributed by atoms with van der Waals surface area (Å²) in [7, 11) is 0. The van der Waals surface area contributed by atoms with Crippen LogP contribution < -0.4 is 5.32 Å². The largest absolute Gasteiger partial charge is 0.508 e. The van der Waals surface area contributed by atoms with Crippen molar-refractivity contribution in [3.8, 4) is 5.75 Å². The van der Waals surface area contributed by atoms with E-state index in [1.54, 1.807) is 30.4 Å². The molecule has 0 bridgehead atoms. The van der Waals surface area contributed by atoms with Gasteiger partial charge in [0.2, 0.25) is 0 Å². The smallest absolute Gasteiger partial charge is 0.251 e. The molecule has 2 rings (SSSR count). The molecule has 0 fully saturated rings. The predicted molar refractivity (Wildman–Crippen MR) is 68.3 cm³/mol. The number of nitrogens with one attached hydrogen (secondary N) is 1. The van der Waals surface area contributed by atoms with Crippen molar-refractivity contribution in [2.75, 3.05) is 0 Å². The zero-order valence-electron chi connectivity index (χ0n) is 9.43. The fraction of sp³-hybridized carbons (Fsp3) is 0.154. The van der Waals surface area contributed by atoms with E-state index in [0.29, 0.717) is 12.1 Å². The van der Waals surface area contributed by atoms with Crippen molar-refractivity contribution in [1.82, 2.24) is 5.32 Å². The molecule has 0 saturated heterocycles. The average molecular weight is 247 g/mol. The van der Waals surface area contributed by atoms with E-state index >= 15 is 0 Å². The van der Waals surface area contributed by atoms with Gasteiger partial charge in [-0.2, -0.15) is 0 Å². The zero-order chi connectivity index (χ0) is 12.3. The Hall–Kier alpha value is -1.81. The molecule has 2 N–H and O–H groups in total. The lowest BCUT2D eigenvalue weighted by molar-refractivity contribution is 0.0950. The van der Waals surface area contributed by atoms with Gasteiger partial charge in [-0.1, -0.05) is 6.07 Å². The summed E-state index contributed by atoms with van der Waals surface area (Å²) in [5.74, 6) is 0.0632. The molecule has 2 aromatic rings. The monoisotopic (exact) mass is 247 g/mol. The summed E-state index contributed by atoms with van der Waals surface area (Å²) in [5.41, 5.74) is 1.37. The van der Waals surface area contributed by atoms with Crippen molar-refractivity contribution >= 4 is 17.2 Å². The Kier molecular flexibility index (Phi) is 3.44. The topological polar surface area (TPSA) is 49.3 Å². The summed E-state index contributed by atoms with van der Waals surface area (Å²) >= 11 is 1.61. The fourth-order valence-corrected chi connectivity index (χ4v) is 2.22. The van der Waals surface area contributed by atoms with E-state index in [1.165, 1.54) is 6.07 Å². The van der Waals surface area contributed by atoms with Gasteiger partial charge in [0, 0.05) is 10.4 Å². The Morgan fingerprint density at radius 3 is 2.88 bits per heavy atom. The summed E-state index contributed by atoms with van der Waals surface area (Å²) < 4.78 is 0. The number of aromatic hydroxyl groups is 1. The summed E-state index contributed by atoms with van der Waals surface area (Å²) in [5, 5.41) is 14.1. The number of amides is 1. The molecular weight excluding hydrogens is 234 g/mol.